The van der Waals surface area contributed by atoms with E-state index in [-0.39, 0.29) is 10.1 Å². The summed E-state index contributed by atoms with van der Waals surface area (Å²) >= 11 is 1.14. The van der Waals surface area contributed by atoms with Crippen molar-refractivity contribution in [2.24, 2.45) is 7.05 Å². The number of fused-ring (bicyclic) bond motifs is 1. The molecule has 8 heteroatoms. The van der Waals surface area contributed by atoms with E-state index < -0.39 is 9.84 Å². The fraction of sp³-hybridized carbons (Fsp3) is 0.231. The van der Waals surface area contributed by atoms with Crippen LogP contribution in [0.3, 0.4) is 0 Å². The van der Waals surface area contributed by atoms with Gasteiger partial charge < -0.3 is 5.73 Å². The van der Waals surface area contributed by atoms with Gasteiger partial charge in [-0.1, -0.05) is 0 Å². The quantitative estimate of drug-likeness (QED) is 0.744. The summed E-state index contributed by atoms with van der Waals surface area (Å²) in [4.78, 5) is 4.20. The highest BCUT2D eigenvalue weighted by molar-refractivity contribution is 7.92. The summed E-state index contributed by atoms with van der Waals surface area (Å²) in [5.74, 6) is -0.111. The zero-order valence-corrected chi connectivity index (χ0v) is 13.2. The van der Waals surface area contributed by atoms with Crippen molar-refractivity contribution in [3.8, 4) is 0 Å². The third-order valence-electron chi connectivity index (χ3n) is 3.10. The molecule has 0 bridgehead atoms. The molecular weight excluding hydrogens is 308 g/mol. The Morgan fingerprint density at radius 2 is 2.10 bits per heavy atom. The zero-order chi connectivity index (χ0) is 15.2. The maximum atomic E-state index is 12.5. The van der Waals surface area contributed by atoms with Crippen molar-refractivity contribution in [2.75, 3.05) is 5.73 Å². The Hall–Kier alpha value is -1.93. The molecule has 0 unspecified atom stereocenters. The summed E-state index contributed by atoms with van der Waals surface area (Å²) in [7, 11) is -1.76. The molecule has 0 aliphatic carbocycles. The number of hydrogen-bond acceptors (Lipinski definition) is 6. The van der Waals surface area contributed by atoms with Crippen LogP contribution in [0.15, 0.2) is 28.6 Å². The number of benzene rings is 1. The van der Waals surface area contributed by atoms with Gasteiger partial charge in [0.25, 0.3) is 0 Å². The van der Waals surface area contributed by atoms with Gasteiger partial charge in [0.2, 0.25) is 14.2 Å². The van der Waals surface area contributed by atoms with Gasteiger partial charge in [0.05, 0.1) is 27.4 Å². The van der Waals surface area contributed by atoms with Gasteiger partial charge in [-0.15, -0.1) is 11.3 Å². The molecule has 21 heavy (non-hydrogen) atoms. The number of nitrogens with zero attached hydrogens (tertiary/aromatic N) is 3. The van der Waals surface area contributed by atoms with Crippen LogP contribution in [0.4, 0.5) is 5.69 Å². The fourth-order valence-corrected chi connectivity index (χ4v) is 4.83. The molecule has 2 N–H and O–H groups in total. The van der Waals surface area contributed by atoms with Gasteiger partial charge in [-0.3, -0.25) is 4.68 Å². The molecule has 0 saturated carbocycles. The largest absolute Gasteiger partial charge is 0.399 e. The normalized spacial score (nSPS) is 12.1. The van der Waals surface area contributed by atoms with Crippen LogP contribution in [-0.4, -0.2) is 23.2 Å². The van der Waals surface area contributed by atoms with Crippen molar-refractivity contribution in [3.05, 3.63) is 35.7 Å². The van der Waals surface area contributed by atoms with Gasteiger partial charge in [-0.25, -0.2) is 13.4 Å². The van der Waals surface area contributed by atoms with Crippen LogP contribution in [0.25, 0.3) is 10.2 Å². The van der Waals surface area contributed by atoms with Crippen LogP contribution >= 0.6 is 11.3 Å². The highest BCUT2D eigenvalue weighted by Gasteiger charge is 2.22. The van der Waals surface area contributed by atoms with E-state index in [4.69, 9.17) is 5.73 Å². The molecule has 0 fully saturated rings. The first-order chi connectivity index (χ1) is 9.85. The van der Waals surface area contributed by atoms with Crippen LogP contribution in [-0.2, 0) is 22.6 Å². The molecule has 0 aliphatic rings. The number of nitrogen functional groups attached to an aromatic ring is 1. The van der Waals surface area contributed by atoms with Gasteiger partial charge in [0.15, 0.2) is 0 Å². The maximum absolute atomic E-state index is 12.5. The second-order valence-corrected chi connectivity index (χ2v) is 8.06. The van der Waals surface area contributed by atoms with E-state index in [1.165, 1.54) is 0 Å². The number of aromatic nitrogens is 3. The summed E-state index contributed by atoms with van der Waals surface area (Å²) < 4.78 is 27.5. The van der Waals surface area contributed by atoms with Gasteiger partial charge >= 0.3 is 0 Å². The highest BCUT2D eigenvalue weighted by atomic mass is 32.2. The van der Waals surface area contributed by atoms with Crippen molar-refractivity contribution in [3.63, 3.8) is 0 Å². The molecular formula is C13H14N4O2S2. The predicted molar refractivity (Wildman–Crippen MR) is 82.9 cm³/mol. The standard InChI is InChI=1S/C13H14N4O2S2/c1-8-5-10(17(2)16-8)7-21(18,19)13-15-11-4-3-9(14)6-12(11)20-13/h3-6H,7,14H2,1-2H3. The molecule has 3 rings (SSSR count). The number of hydrogen-bond donors (Lipinski definition) is 1. The summed E-state index contributed by atoms with van der Waals surface area (Å²) in [6.07, 6.45) is 0. The van der Waals surface area contributed by atoms with Gasteiger partial charge in [-0.2, -0.15) is 5.10 Å². The minimum atomic E-state index is -3.49. The number of thiazole rings is 1. The first kappa shape index (κ1) is 14.0. The van der Waals surface area contributed by atoms with Crippen LogP contribution < -0.4 is 5.73 Å². The third kappa shape index (κ3) is 2.64. The molecule has 0 atom stereocenters. The maximum Gasteiger partial charge on any atom is 0.211 e. The number of anilines is 1. The van der Waals surface area contributed by atoms with E-state index in [1.54, 1.807) is 36.0 Å². The molecule has 0 radical (unpaired) electrons. The fourth-order valence-electron chi connectivity index (χ4n) is 2.11. The van der Waals surface area contributed by atoms with Gasteiger partial charge in [0.1, 0.15) is 0 Å². The lowest BCUT2D eigenvalue weighted by molar-refractivity contribution is 0.591. The minimum absolute atomic E-state index is 0.111. The lowest BCUT2D eigenvalue weighted by atomic mass is 10.3. The Balaban J connectivity index is 2.01. The average molecular weight is 322 g/mol. The predicted octanol–water partition coefficient (Wildman–Crippen LogP) is 1.89. The topological polar surface area (TPSA) is 90.9 Å². The van der Waals surface area contributed by atoms with Crippen molar-refractivity contribution in [1.82, 2.24) is 14.8 Å². The van der Waals surface area contributed by atoms with Crippen molar-refractivity contribution >= 4 is 37.1 Å². The molecule has 110 valence electrons. The van der Waals surface area contributed by atoms with Crippen molar-refractivity contribution in [1.29, 1.82) is 0 Å². The molecule has 0 saturated heterocycles. The smallest absolute Gasteiger partial charge is 0.211 e. The lowest BCUT2D eigenvalue weighted by Crippen LogP contribution is -2.08. The summed E-state index contributed by atoms with van der Waals surface area (Å²) in [6, 6.07) is 6.94. The molecule has 3 aromatic rings. The van der Waals surface area contributed by atoms with Crippen LogP contribution in [0.5, 0.6) is 0 Å². The Bertz CT molecular complexity index is 925. The van der Waals surface area contributed by atoms with Crippen LogP contribution in [0.2, 0.25) is 0 Å². The first-order valence-electron chi connectivity index (χ1n) is 6.23. The van der Waals surface area contributed by atoms with E-state index in [1.807, 2.05) is 6.92 Å². The van der Waals surface area contributed by atoms with E-state index in [0.29, 0.717) is 16.9 Å². The van der Waals surface area contributed by atoms with Crippen molar-refractivity contribution in [2.45, 2.75) is 17.0 Å². The number of aryl methyl sites for hydroxylation is 2. The molecule has 0 aliphatic heterocycles. The molecule has 2 heterocycles. The van der Waals surface area contributed by atoms with Gasteiger partial charge in [0, 0.05) is 12.7 Å². The molecule has 6 nitrogen and oxygen atoms in total. The van der Waals surface area contributed by atoms with E-state index in [9.17, 15) is 8.42 Å². The Morgan fingerprint density at radius 1 is 1.33 bits per heavy atom. The number of rotatable bonds is 3. The van der Waals surface area contributed by atoms with Gasteiger partial charge in [-0.05, 0) is 31.2 Å². The average Bonchev–Trinajstić information content (AvgIpc) is 2.93. The van der Waals surface area contributed by atoms with E-state index >= 15 is 0 Å². The lowest BCUT2D eigenvalue weighted by Gasteiger charge is -2.01. The Labute approximate surface area is 126 Å². The van der Waals surface area contributed by atoms with Crippen molar-refractivity contribution < 1.29 is 8.42 Å². The SMILES string of the molecule is Cc1cc(CS(=O)(=O)c2nc3ccc(N)cc3s2)n(C)n1. The molecule has 2 aromatic heterocycles. The summed E-state index contributed by atoms with van der Waals surface area (Å²) in [6.45, 7) is 1.83. The number of nitrogens with two attached hydrogens (primary N) is 1. The summed E-state index contributed by atoms with van der Waals surface area (Å²) in [5, 5.41) is 4.16. The van der Waals surface area contributed by atoms with E-state index in [0.717, 1.165) is 21.7 Å². The van der Waals surface area contributed by atoms with Crippen LogP contribution in [0, 0.1) is 6.92 Å². The van der Waals surface area contributed by atoms with E-state index in [2.05, 4.69) is 10.1 Å². The van der Waals surface area contributed by atoms with Crippen LogP contribution in [0.1, 0.15) is 11.4 Å². The highest BCUT2D eigenvalue weighted by Crippen LogP contribution is 2.29. The molecule has 0 spiro atoms. The third-order valence-corrected chi connectivity index (χ3v) is 6.22. The minimum Gasteiger partial charge on any atom is -0.399 e. The molecule has 1 aromatic carbocycles. The monoisotopic (exact) mass is 322 g/mol. The number of sulfone groups is 1. The summed E-state index contributed by atoms with van der Waals surface area (Å²) in [5.41, 5.74) is 8.38. The Kier molecular flexibility index (Phi) is 3.22. The zero-order valence-electron chi connectivity index (χ0n) is 11.6. The second-order valence-electron chi connectivity index (χ2n) is 4.87. The Morgan fingerprint density at radius 3 is 2.76 bits per heavy atom. The second kappa shape index (κ2) is 4.81. The first-order valence-corrected chi connectivity index (χ1v) is 8.70. The molecule has 0 amide bonds.